The maximum absolute atomic E-state index is 11.5. The van der Waals surface area contributed by atoms with Crippen LogP contribution in [0, 0.1) is 0 Å². The zero-order valence-corrected chi connectivity index (χ0v) is 13.2. The Morgan fingerprint density at radius 3 is 2.52 bits per heavy atom. The van der Waals surface area contributed by atoms with Crippen LogP contribution in [-0.4, -0.2) is 15.6 Å². The predicted octanol–water partition coefficient (Wildman–Crippen LogP) is 4.04. The number of rotatable bonds is 5. The first kappa shape index (κ1) is 15.2. The van der Waals surface area contributed by atoms with Crippen LogP contribution in [-0.2, 0) is 16.9 Å². The molecule has 0 unspecified atom stereocenters. The van der Waals surface area contributed by atoms with Crippen molar-refractivity contribution in [2.45, 2.75) is 26.0 Å². The Bertz CT molecular complexity index is 834. The molecule has 23 heavy (non-hydrogen) atoms. The Labute approximate surface area is 134 Å². The van der Waals surface area contributed by atoms with Gasteiger partial charge in [-0.25, -0.2) is 4.79 Å². The summed E-state index contributed by atoms with van der Waals surface area (Å²) >= 11 is 0. The van der Waals surface area contributed by atoms with Crippen LogP contribution in [0.4, 0.5) is 0 Å². The van der Waals surface area contributed by atoms with Crippen molar-refractivity contribution in [3.05, 3.63) is 66.4 Å². The van der Waals surface area contributed by atoms with E-state index >= 15 is 0 Å². The summed E-state index contributed by atoms with van der Waals surface area (Å²) in [5.74, 6) is -0.114. The molecule has 0 saturated heterocycles. The molecule has 4 nitrogen and oxygen atoms in total. The van der Waals surface area contributed by atoms with Gasteiger partial charge in [0.25, 0.3) is 0 Å². The van der Waals surface area contributed by atoms with Crippen molar-refractivity contribution < 1.29 is 14.6 Å². The van der Waals surface area contributed by atoms with E-state index in [-0.39, 0.29) is 0 Å². The van der Waals surface area contributed by atoms with Gasteiger partial charge < -0.3 is 14.4 Å². The summed E-state index contributed by atoms with van der Waals surface area (Å²) in [6, 6.07) is 17.6. The van der Waals surface area contributed by atoms with Crippen LogP contribution >= 0.6 is 0 Å². The second-order valence-corrected chi connectivity index (χ2v) is 6.01. The van der Waals surface area contributed by atoms with E-state index in [0.717, 1.165) is 22.2 Å². The van der Waals surface area contributed by atoms with E-state index < -0.39 is 11.5 Å². The maximum Gasteiger partial charge on any atom is 0.329 e. The van der Waals surface area contributed by atoms with Gasteiger partial charge in [-0.15, -0.1) is 0 Å². The van der Waals surface area contributed by atoms with Crippen molar-refractivity contribution in [1.82, 2.24) is 4.57 Å². The highest BCUT2D eigenvalue weighted by molar-refractivity contribution is 5.89. The zero-order valence-electron chi connectivity index (χ0n) is 13.2. The lowest BCUT2D eigenvalue weighted by Crippen LogP contribution is -2.34. The topological polar surface area (TPSA) is 51.5 Å². The third-order valence-electron chi connectivity index (χ3n) is 4.06. The number of fused-ring (bicyclic) bond motifs is 1. The van der Waals surface area contributed by atoms with Gasteiger partial charge in [-0.1, -0.05) is 36.4 Å². The highest BCUT2D eigenvalue weighted by Crippen LogP contribution is 2.31. The van der Waals surface area contributed by atoms with Crippen molar-refractivity contribution in [2.24, 2.45) is 0 Å². The molecule has 3 aromatic rings. The van der Waals surface area contributed by atoms with E-state index in [9.17, 15) is 9.90 Å². The SMILES string of the molecule is CC(C)(C(=O)O)n1ccc2c(OCc3ccccc3)cccc21. The van der Waals surface area contributed by atoms with Crippen molar-refractivity contribution in [3.63, 3.8) is 0 Å². The number of hydrogen-bond donors (Lipinski definition) is 1. The molecular formula is C19H19NO3. The molecule has 0 saturated carbocycles. The lowest BCUT2D eigenvalue weighted by Gasteiger charge is -2.23. The summed E-state index contributed by atoms with van der Waals surface area (Å²) in [4.78, 5) is 11.5. The molecule has 0 aliphatic heterocycles. The quantitative estimate of drug-likeness (QED) is 0.774. The van der Waals surface area contributed by atoms with Crippen LogP contribution in [0.2, 0.25) is 0 Å². The van der Waals surface area contributed by atoms with E-state index in [4.69, 9.17) is 4.74 Å². The molecule has 4 heteroatoms. The van der Waals surface area contributed by atoms with Crippen molar-refractivity contribution in [1.29, 1.82) is 0 Å². The minimum absolute atomic E-state index is 0.480. The van der Waals surface area contributed by atoms with Crippen LogP contribution < -0.4 is 4.74 Å². The lowest BCUT2D eigenvalue weighted by molar-refractivity contribution is -0.145. The molecule has 0 aliphatic carbocycles. The van der Waals surface area contributed by atoms with Crippen LogP contribution in [0.15, 0.2) is 60.8 Å². The average Bonchev–Trinajstić information content (AvgIpc) is 2.99. The predicted molar refractivity (Wildman–Crippen MR) is 89.7 cm³/mol. The van der Waals surface area contributed by atoms with Crippen molar-refractivity contribution >= 4 is 16.9 Å². The normalized spacial score (nSPS) is 11.6. The number of carbonyl (C=O) groups is 1. The van der Waals surface area contributed by atoms with E-state index in [0.29, 0.717) is 6.61 Å². The molecule has 0 aliphatic rings. The van der Waals surface area contributed by atoms with Gasteiger partial charge in [0, 0.05) is 11.6 Å². The van der Waals surface area contributed by atoms with E-state index in [1.54, 1.807) is 24.6 Å². The molecule has 1 heterocycles. The molecule has 3 rings (SSSR count). The second kappa shape index (κ2) is 5.80. The smallest absolute Gasteiger partial charge is 0.329 e. The molecule has 0 bridgehead atoms. The summed E-state index contributed by atoms with van der Waals surface area (Å²) in [6.45, 7) is 3.85. The van der Waals surface area contributed by atoms with Gasteiger partial charge in [-0.3, -0.25) is 0 Å². The molecular weight excluding hydrogens is 290 g/mol. The van der Waals surface area contributed by atoms with Crippen LogP contribution in [0.1, 0.15) is 19.4 Å². The Balaban J connectivity index is 1.94. The number of nitrogens with zero attached hydrogens (tertiary/aromatic N) is 1. The Morgan fingerprint density at radius 1 is 1.09 bits per heavy atom. The molecule has 0 amide bonds. The molecule has 2 aromatic carbocycles. The molecule has 118 valence electrons. The number of ether oxygens (including phenoxy) is 1. The van der Waals surface area contributed by atoms with E-state index in [1.165, 1.54) is 0 Å². The number of hydrogen-bond acceptors (Lipinski definition) is 2. The number of carboxylic acids is 1. The molecule has 0 fully saturated rings. The van der Waals surface area contributed by atoms with Crippen LogP contribution in [0.25, 0.3) is 10.9 Å². The van der Waals surface area contributed by atoms with Crippen molar-refractivity contribution in [3.8, 4) is 5.75 Å². The molecule has 1 N–H and O–H groups in total. The van der Waals surface area contributed by atoms with Gasteiger partial charge in [-0.2, -0.15) is 0 Å². The fourth-order valence-corrected chi connectivity index (χ4v) is 2.59. The van der Waals surface area contributed by atoms with Gasteiger partial charge in [0.1, 0.15) is 17.9 Å². The van der Waals surface area contributed by atoms with Gasteiger partial charge in [0.2, 0.25) is 0 Å². The largest absolute Gasteiger partial charge is 0.488 e. The summed E-state index contributed by atoms with van der Waals surface area (Å²) in [5.41, 5.74) is 0.928. The Kier molecular flexibility index (Phi) is 3.82. The van der Waals surface area contributed by atoms with E-state index in [1.807, 2.05) is 54.6 Å². The Hall–Kier alpha value is -2.75. The molecule has 0 atom stereocenters. The van der Waals surface area contributed by atoms with Gasteiger partial charge >= 0.3 is 5.97 Å². The number of aliphatic carboxylic acids is 1. The van der Waals surface area contributed by atoms with Crippen LogP contribution in [0.3, 0.4) is 0 Å². The first-order valence-corrected chi connectivity index (χ1v) is 7.51. The minimum atomic E-state index is -1.01. The lowest BCUT2D eigenvalue weighted by atomic mass is 10.1. The highest BCUT2D eigenvalue weighted by atomic mass is 16.5. The molecule has 0 radical (unpaired) electrons. The second-order valence-electron chi connectivity index (χ2n) is 6.01. The molecule has 1 aromatic heterocycles. The van der Waals surface area contributed by atoms with E-state index in [2.05, 4.69) is 0 Å². The van der Waals surface area contributed by atoms with Gasteiger partial charge in [0.05, 0.1) is 5.52 Å². The summed E-state index contributed by atoms with van der Waals surface area (Å²) in [7, 11) is 0. The first-order valence-electron chi connectivity index (χ1n) is 7.51. The maximum atomic E-state index is 11.5. The highest BCUT2D eigenvalue weighted by Gasteiger charge is 2.30. The summed E-state index contributed by atoms with van der Waals surface area (Å²) in [5, 5.41) is 10.4. The van der Waals surface area contributed by atoms with Crippen molar-refractivity contribution in [2.75, 3.05) is 0 Å². The summed E-state index contributed by atoms with van der Waals surface area (Å²) in [6.07, 6.45) is 1.80. The zero-order chi connectivity index (χ0) is 16.4. The average molecular weight is 309 g/mol. The minimum Gasteiger partial charge on any atom is -0.488 e. The Morgan fingerprint density at radius 2 is 1.83 bits per heavy atom. The standard InChI is InChI=1S/C19H19NO3/c1-19(2,18(21)22)20-12-11-15-16(20)9-6-10-17(15)23-13-14-7-4-3-5-8-14/h3-12H,13H2,1-2H3,(H,21,22). The number of aromatic nitrogens is 1. The third kappa shape index (κ3) is 2.80. The first-order chi connectivity index (χ1) is 11.0. The fourth-order valence-electron chi connectivity index (χ4n) is 2.59. The van der Waals surface area contributed by atoms with Crippen LogP contribution in [0.5, 0.6) is 5.75 Å². The third-order valence-corrected chi connectivity index (χ3v) is 4.06. The number of benzene rings is 2. The van der Waals surface area contributed by atoms with Gasteiger partial charge in [0.15, 0.2) is 0 Å². The van der Waals surface area contributed by atoms with Gasteiger partial charge in [-0.05, 0) is 37.6 Å². The molecule has 0 spiro atoms. The summed E-state index contributed by atoms with van der Waals surface area (Å²) < 4.78 is 7.69. The number of carboxylic acid groups (broad SMARTS) is 1. The fraction of sp³-hybridized carbons (Fsp3) is 0.211. The monoisotopic (exact) mass is 309 g/mol.